The zero-order valence-electron chi connectivity index (χ0n) is 42.6. The van der Waals surface area contributed by atoms with Crippen molar-refractivity contribution in [3.8, 4) is 0 Å². The molecule has 0 radical (unpaired) electrons. The highest BCUT2D eigenvalue weighted by Gasteiger charge is 2.46. The van der Waals surface area contributed by atoms with E-state index in [-0.39, 0.29) is 0 Å². The third kappa shape index (κ3) is 10.3. The van der Waals surface area contributed by atoms with Crippen LogP contribution in [0, 0.1) is 72.0 Å². The van der Waals surface area contributed by atoms with Gasteiger partial charge in [0.1, 0.15) is 0 Å². The summed E-state index contributed by atoms with van der Waals surface area (Å²) in [7, 11) is 0. The van der Waals surface area contributed by atoms with Gasteiger partial charge in [0.25, 0.3) is 0 Å². The van der Waals surface area contributed by atoms with Crippen LogP contribution in [0.5, 0.6) is 0 Å². The summed E-state index contributed by atoms with van der Waals surface area (Å²) in [4.78, 5) is 0. The first kappa shape index (κ1) is 47.1. The zero-order chi connectivity index (χ0) is 47.4. The Kier molecular flexibility index (Phi) is 14.3. The molecule has 360 valence electrons. The maximum Gasteiger partial charge on any atom is -0.000676 e. The predicted octanol–water partition coefficient (Wildman–Crippen LogP) is 18.0. The summed E-state index contributed by atoms with van der Waals surface area (Å²) in [5.41, 5.74) is 11.2. The zero-order valence-corrected chi connectivity index (χ0v) is 42.6. The third-order valence-electron chi connectivity index (χ3n) is 19.4. The lowest BCUT2D eigenvalue weighted by Gasteiger charge is -2.32. The molecule has 15 unspecified atom stereocenters. The number of aryl methyl sites for hydroxylation is 2. The minimum Gasteiger partial charge on any atom is -0.0851 e. The SMILES string of the molecule is C1=CC2CC1CC2Cc1ccccc1.C1=CC2CC1CC2c1ccccc1.CC1(c2ccccc2)CC2C=CC1C2.CCc1ccccc1C1CC2C=CC1C2.Cc1ccccc1C1CC2C=CC1C2. The summed E-state index contributed by atoms with van der Waals surface area (Å²) < 4.78 is 0. The van der Waals surface area contributed by atoms with Crippen LogP contribution in [-0.4, -0.2) is 0 Å². The number of benzene rings is 5. The molecule has 0 spiro atoms. The molecule has 0 N–H and O–H groups in total. The van der Waals surface area contributed by atoms with Crippen LogP contribution < -0.4 is 0 Å². The quantitative estimate of drug-likeness (QED) is 0.143. The van der Waals surface area contributed by atoms with E-state index in [1.54, 1.807) is 22.3 Å². The number of allylic oxidation sites excluding steroid dienone is 10. The van der Waals surface area contributed by atoms with Gasteiger partial charge in [0.15, 0.2) is 0 Å². The molecule has 15 atom stereocenters. The van der Waals surface area contributed by atoms with Gasteiger partial charge in [-0.2, -0.15) is 0 Å². The standard InChI is InChI=1S/C15H18.3C14H16.C13H14/c1-2-12-5-3-4-6-14(12)15-10-11-7-8-13(15)9-11;1-10-4-2-3-5-13(10)14-9-11-6-7-12(14)8-11;1-14(12-5-3-2-4-6-12)10-11-7-8-13(14)9-11;1-2-4-11(5-3-1)8-14-10-12-6-7-13(14)9-12;1-2-4-11(5-3-1)13-9-10-6-7-12(13)8-10/h3-8,11,13,15H,2,9-10H2,1H3;2-7,11-12,14H,8-9H2,1H3;2-8,11,13H,9-10H2,1H3;1-7,12-14H,8-10H2;1-7,10,12-13H,8-9H2. The first-order chi connectivity index (χ1) is 34.4. The van der Waals surface area contributed by atoms with Crippen molar-refractivity contribution in [3.63, 3.8) is 0 Å². The molecule has 5 aromatic carbocycles. The number of hydrogen-bond acceptors (Lipinski definition) is 0. The highest BCUT2D eigenvalue weighted by Crippen LogP contribution is 2.54. The molecule has 10 aliphatic rings. The maximum atomic E-state index is 2.45. The van der Waals surface area contributed by atoms with Gasteiger partial charge in [-0.05, 0) is 211 Å². The lowest BCUT2D eigenvalue weighted by molar-refractivity contribution is 0.396. The second-order valence-electron chi connectivity index (χ2n) is 23.7. The molecule has 0 heterocycles. The minimum absolute atomic E-state index is 0.417. The van der Waals surface area contributed by atoms with Crippen molar-refractivity contribution in [2.24, 2.45) is 65.1 Å². The van der Waals surface area contributed by atoms with E-state index in [0.717, 1.165) is 82.9 Å². The molecule has 10 bridgehead atoms. The van der Waals surface area contributed by atoms with Crippen LogP contribution in [0.1, 0.15) is 135 Å². The summed E-state index contributed by atoms with van der Waals surface area (Å²) in [5, 5.41) is 0. The van der Waals surface area contributed by atoms with Gasteiger partial charge in [-0.1, -0.05) is 214 Å². The topological polar surface area (TPSA) is 0 Å². The lowest BCUT2D eigenvalue weighted by Crippen LogP contribution is -2.26. The fraction of sp³-hybridized carbons (Fsp3) is 0.429. The molecule has 0 saturated heterocycles. The Hall–Kier alpha value is -5.20. The van der Waals surface area contributed by atoms with Gasteiger partial charge in [0.2, 0.25) is 0 Å². The average molecular weight is 921 g/mol. The van der Waals surface area contributed by atoms with Crippen LogP contribution in [0.2, 0.25) is 0 Å². The maximum absolute atomic E-state index is 2.45. The molecule has 5 fully saturated rings. The molecule has 70 heavy (non-hydrogen) atoms. The normalized spacial score (nSPS) is 35.0. The van der Waals surface area contributed by atoms with Crippen molar-refractivity contribution >= 4 is 0 Å². The molecule has 10 aliphatic carbocycles. The van der Waals surface area contributed by atoms with Crippen LogP contribution in [0.3, 0.4) is 0 Å². The van der Waals surface area contributed by atoms with E-state index < -0.39 is 0 Å². The third-order valence-corrected chi connectivity index (χ3v) is 19.4. The van der Waals surface area contributed by atoms with E-state index in [4.69, 9.17) is 0 Å². The van der Waals surface area contributed by atoms with Crippen LogP contribution >= 0.6 is 0 Å². The van der Waals surface area contributed by atoms with Gasteiger partial charge in [0.05, 0.1) is 0 Å². The monoisotopic (exact) mass is 921 g/mol. The molecule has 0 heteroatoms. The average Bonchev–Trinajstić information content (AvgIpc) is 4.26. The summed E-state index contributed by atoms with van der Waals surface area (Å²) in [6.07, 6.45) is 40.7. The van der Waals surface area contributed by atoms with Gasteiger partial charge >= 0.3 is 0 Å². The lowest BCUT2D eigenvalue weighted by atomic mass is 9.72. The second-order valence-corrected chi connectivity index (χ2v) is 23.7. The minimum atomic E-state index is 0.417. The van der Waals surface area contributed by atoms with Crippen LogP contribution in [0.25, 0.3) is 0 Å². The molecular weight excluding hydrogens is 841 g/mol. The van der Waals surface area contributed by atoms with Crippen LogP contribution in [0.4, 0.5) is 0 Å². The van der Waals surface area contributed by atoms with E-state index >= 15 is 0 Å². The molecule has 0 nitrogen and oxygen atoms in total. The van der Waals surface area contributed by atoms with Gasteiger partial charge in [-0.25, -0.2) is 0 Å². The number of hydrogen-bond donors (Lipinski definition) is 0. The number of rotatable bonds is 7. The van der Waals surface area contributed by atoms with Crippen molar-refractivity contribution in [3.05, 3.63) is 239 Å². The fourth-order valence-electron chi connectivity index (χ4n) is 15.7. The van der Waals surface area contributed by atoms with Crippen molar-refractivity contribution in [1.82, 2.24) is 0 Å². The van der Waals surface area contributed by atoms with Crippen LogP contribution in [0.15, 0.2) is 200 Å². The van der Waals surface area contributed by atoms with E-state index in [1.165, 1.54) is 93.7 Å². The van der Waals surface area contributed by atoms with E-state index in [2.05, 4.69) is 221 Å². The highest BCUT2D eigenvalue weighted by atomic mass is 14.5. The summed E-state index contributed by atoms with van der Waals surface area (Å²) in [5.74, 6) is 12.0. The molecule has 5 saturated carbocycles. The van der Waals surface area contributed by atoms with Gasteiger partial charge in [-0.15, -0.1) is 0 Å². The Morgan fingerprint density at radius 1 is 0.414 bits per heavy atom. The molecule has 15 rings (SSSR count). The Balaban J connectivity index is 0.0000000953. The van der Waals surface area contributed by atoms with Crippen molar-refractivity contribution in [2.75, 3.05) is 0 Å². The summed E-state index contributed by atoms with van der Waals surface area (Å²) in [6, 6.07) is 50.8. The molecular formula is C70H80. The summed E-state index contributed by atoms with van der Waals surface area (Å²) in [6.45, 7) is 6.93. The van der Waals surface area contributed by atoms with Gasteiger partial charge in [-0.3, -0.25) is 0 Å². The molecule has 0 amide bonds. The predicted molar refractivity (Wildman–Crippen MR) is 296 cm³/mol. The van der Waals surface area contributed by atoms with Crippen molar-refractivity contribution in [2.45, 2.75) is 121 Å². The van der Waals surface area contributed by atoms with Crippen molar-refractivity contribution in [1.29, 1.82) is 0 Å². The first-order valence-electron chi connectivity index (χ1n) is 28.1. The fourth-order valence-corrected chi connectivity index (χ4v) is 15.7. The van der Waals surface area contributed by atoms with Gasteiger partial charge in [0, 0.05) is 0 Å². The largest absolute Gasteiger partial charge is 0.0851 e. The molecule has 0 aliphatic heterocycles. The van der Waals surface area contributed by atoms with E-state index in [0.29, 0.717) is 5.41 Å². The highest BCUT2D eigenvalue weighted by molar-refractivity contribution is 5.37. The Morgan fingerprint density at radius 3 is 1.40 bits per heavy atom. The van der Waals surface area contributed by atoms with Crippen LogP contribution in [-0.2, 0) is 18.3 Å². The Morgan fingerprint density at radius 2 is 0.900 bits per heavy atom. The van der Waals surface area contributed by atoms with E-state index in [9.17, 15) is 0 Å². The smallest absolute Gasteiger partial charge is 0.000676 e. The Bertz CT molecular complexity index is 2640. The van der Waals surface area contributed by atoms with Gasteiger partial charge < -0.3 is 0 Å². The second kappa shape index (κ2) is 21.3. The molecule has 0 aromatic heterocycles. The first-order valence-corrected chi connectivity index (χ1v) is 28.1. The summed E-state index contributed by atoms with van der Waals surface area (Å²) >= 11 is 0. The molecule has 5 aromatic rings. The Labute approximate surface area is 423 Å². The van der Waals surface area contributed by atoms with Crippen molar-refractivity contribution < 1.29 is 0 Å². The van der Waals surface area contributed by atoms with E-state index in [1.807, 2.05) is 0 Å². The number of fused-ring (bicyclic) bond motifs is 10.